The maximum atomic E-state index is 13.0. The summed E-state index contributed by atoms with van der Waals surface area (Å²) in [5, 5.41) is 20.2. The van der Waals surface area contributed by atoms with Gasteiger partial charge in [0.2, 0.25) is 0 Å². The van der Waals surface area contributed by atoms with Crippen LogP contribution in [-0.2, 0) is 0 Å². The van der Waals surface area contributed by atoms with E-state index in [1.165, 1.54) is 4.90 Å². The fourth-order valence-corrected chi connectivity index (χ4v) is 3.15. The summed E-state index contributed by atoms with van der Waals surface area (Å²) in [4.78, 5) is 18.6. The highest BCUT2D eigenvalue weighted by atomic mass is 16.5. The Bertz CT molecular complexity index is 936. The fourth-order valence-electron chi connectivity index (χ4n) is 3.15. The highest BCUT2D eigenvalue weighted by molar-refractivity contribution is 6.10. The number of carbonyl (C=O) groups is 1. The number of aliphatic hydroxyl groups excluding tert-OH is 2. The van der Waals surface area contributed by atoms with Crippen LogP contribution in [0.1, 0.15) is 10.4 Å². The van der Waals surface area contributed by atoms with Crippen LogP contribution >= 0.6 is 0 Å². The van der Waals surface area contributed by atoms with Gasteiger partial charge in [0.25, 0.3) is 5.91 Å². The van der Waals surface area contributed by atoms with Crippen molar-refractivity contribution >= 4 is 16.7 Å². The molecule has 1 heterocycles. The Morgan fingerprint density at radius 1 is 1.04 bits per heavy atom. The number of pyridine rings is 1. The molecule has 3 aromatic rings. The topological polar surface area (TPSA) is 82.9 Å². The number of aliphatic hydroxyl groups is 2. The van der Waals surface area contributed by atoms with Gasteiger partial charge in [-0.3, -0.25) is 9.78 Å². The van der Waals surface area contributed by atoms with Crippen LogP contribution in [0.3, 0.4) is 0 Å². The van der Waals surface area contributed by atoms with Crippen molar-refractivity contribution in [2.45, 2.75) is 0 Å². The second-order valence-corrected chi connectivity index (χ2v) is 6.06. The Morgan fingerprint density at radius 3 is 2.44 bits per heavy atom. The van der Waals surface area contributed by atoms with Gasteiger partial charge in [-0.25, -0.2) is 0 Å². The molecule has 27 heavy (non-hydrogen) atoms. The van der Waals surface area contributed by atoms with Crippen LogP contribution in [0.5, 0.6) is 5.75 Å². The van der Waals surface area contributed by atoms with Gasteiger partial charge < -0.3 is 19.8 Å². The summed E-state index contributed by atoms with van der Waals surface area (Å²) in [5.74, 6) is 0.443. The number of fused-ring (bicyclic) bond motifs is 1. The van der Waals surface area contributed by atoms with E-state index in [2.05, 4.69) is 4.98 Å². The minimum atomic E-state index is -0.218. The van der Waals surface area contributed by atoms with Crippen molar-refractivity contribution in [3.63, 3.8) is 0 Å². The highest BCUT2D eigenvalue weighted by Crippen LogP contribution is 2.32. The van der Waals surface area contributed by atoms with Crippen molar-refractivity contribution in [3.05, 3.63) is 60.4 Å². The maximum Gasteiger partial charge on any atom is 0.254 e. The van der Waals surface area contributed by atoms with Gasteiger partial charge in [0.15, 0.2) is 0 Å². The van der Waals surface area contributed by atoms with E-state index in [-0.39, 0.29) is 32.2 Å². The number of ether oxygens (including phenoxy) is 1. The first-order valence-electron chi connectivity index (χ1n) is 8.71. The Labute approximate surface area is 157 Å². The normalized spacial score (nSPS) is 10.8. The van der Waals surface area contributed by atoms with E-state index in [1.54, 1.807) is 25.6 Å². The Kier molecular flexibility index (Phi) is 6.01. The zero-order valence-corrected chi connectivity index (χ0v) is 15.1. The summed E-state index contributed by atoms with van der Waals surface area (Å²) in [6, 6.07) is 13.2. The van der Waals surface area contributed by atoms with Gasteiger partial charge in [-0.2, -0.15) is 0 Å². The lowest BCUT2D eigenvalue weighted by Gasteiger charge is -2.21. The van der Waals surface area contributed by atoms with Crippen molar-refractivity contribution in [3.8, 4) is 16.9 Å². The molecule has 0 spiro atoms. The Morgan fingerprint density at radius 2 is 1.74 bits per heavy atom. The lowest BCUT2D eigenvalue weighted by molar-refractivity contribution is 0.0687. The molecule has 1 aromatic heterocycles. The summed E-state index contributed by atoms with van der Waals surface area (Å²) in [7, 11) is 1.59. The van der Waals surface area contributed by atoms with Gasteiger partial charge in [-0.15, -0.1) is 0 Å². The van der Waals surface area contributed by atoms with E-state index in [4.69, 9.17) is 4.74 Å². The number of benzene rings is 2. The number of hydrogen-bond donors (Lipinski definition) is 2. The molecule has 0 atom stereocenters. The molecule has 0 aliphatic carbocycles. The number of carbonyl (C=O) groups excluding carboxylic acids is 1. The molecule has 2 aromatic carbocycles. The molecule has 3 rings (SSSR count). The van der Waals surface area contributed by atoms with Crippen molar-refractivity contribution in [2.75, 3.05) is 33.4 Å². The number of hydrogen-bond acceptors (Lipinski definition) is 5. The van der Waals surface area contributed by atoms with Crippen LogP contribution < -0.4 is 4.74 Å². The van der Waals surface area contributed by atoms with Crippen molar-refractivity contribution in [1.82, 2.24) is 9.88 Å². The number of amides is 1. The predicted octanol–water partition coefficient (Wildman–Crippen LogP) is 2.34. The molecule has 1 amide bonds. The van der Waals surface area contributed by atoms with Crippen LogP contribution in [0.4, 0.5) is 0 Å². The van der Waals surface area contributed by atoms with Gasteiger partial charge >= 0.3 is 0 Å². The molecule has 0 radical (unpaired) electrons. The van der Waals surface area contributed by atoms with Gasteiger partial charge in [0, 0.05) is 30.4 Å². The fraction of sp³-hybridized carbons (Fsp3) is 0.238. The van der Waals surface area contributed by atoms with Crippen molar-refractivity contribution < 1.29 is 19.7 Å². The average Bonchev–Trinajstić information content (AvgIpc) is 2.72. The third-order valence-electron chi connectivity index (χ3n) is 4.44. The van der Waals surface area contributed by atoms with Gasteiger partial charge in [-0.05, 0) is 28.5 Å². The van der Waals surface area contributed by atoms with E-state index < -0.39 is 0 Å². The quantitative estimate of drug-likeness (QED) is 0.671. The first kappa shape index (κ1) is 18.8. The van der Waals surface area contributed by atoms with Gasteiger partial charge in [-0.1, -0.05) is 30.3 Å². The van der Waals surface area contributed by atoms with Crippen molar-refractivity contribution in [2.24, 2.45) is 0 Å². The third-order valence-corrected chi connectivity index (χ3v) is 4.44. The smallest absolute Gasteiger partial charge is 0.254 e. The molecule has 0 aliphatic rings. The lowest BCUT2D eigenvalue weighted by Crippen LogP contribution is -2.35. The summed E-state index contributed by atoms with van der Waals surface area (Å²) in [6.45, 7) is 0.0407. The van der Waals surface area contributed by atoms with Gasteiger partial charge in [0.1, 0.15) is 5.75 Å². The molecule has 6 nitrogen and oxygen atoms in total. The highest BCUT2D eigenvalue weighted by Gasteiger charge is 2.18. The van der Waals surface area contributed by atoms with Crippen molar-refractivity contribution in [1.29, 1.82) is 0 Å². The molecule has 0 saturated heterocycles. The molecular formula is C21H22N2O4. The molecule has 0 fully saturated rings. The van der Waals surface area contributed by atoms with E-state index in [9.17, 15) is 15.0 Å². The van der Waals surface area contributed by atoms with Crippen LogP contribution in [-0.4, -0.2) is 59.4 Å². The van der Waals surface area contributed by atoms with Crippen LogP contribution in [0.25, 0.3) is 21.9 Å². The SMILES string of the molecule is COc1cncc(-c2cccc3c(C(=O)N(CCO)CCO)cccc23)c1. The minimum absolute atomic E-state index is 0.156. The second-order valence-electron chi connectivity index (χ2n) is 6.06. The van der Waals surface area contributed by atoms with E-state index in [1.807, 2.05) is 36.4 Å². The largest absolute Gasteiger partial charge is 0.495 e. The zero-order chi connectivity index (χ0) is 19.2. The number of methoxy groups -OCH3 is 1. The lowest BCUT2D eigenvalue weighted by atomic mass is 9.96. The first-order chi connectivity index (χ1) is 13.2. The summed E-state index contributed by atoms with van der Waals surface area (Å²) >= 11 is 0. The summed E-state index contributed by atoms with van der Waals surface area (Å²) in [6.07, 6.45) is 3.40. The standard InChI is InChI=1S/C21H22N2O4/c1-27-16-12-15(13-22-14-16)17-4-2-6-19-18(17)5-3-7-20(19)21(26)23(8-10-24)9-11-25/h2-7,12-14,24-25H,8-11H2,1H3. The predicted molar refractivity (Wildman–Crippen MR) is 104 cm³/mol. The first-order valence-corrected chi connectivity index (χ1v) is 8.71. The summed E-state index contributed by atoms with van der Waals surface area (Å²) < 4.78 is 5.26. The number of nitrogens with zero attached hydrogens (tertiary/aromatic N) is 2. The average molecular weight is 366 g/mol. The molecular weight excluding hydrogens is 344 g/mol. The molecule has 0 saturated carbocycles. The Balaban J connectivity index is 2.11. The maximum absolute atomic E-state index is 13.0. The monoisotopic (exact) mass is 366 g/mol. The summed E-state index contributed by atoms with van der Waals surface area (Å²) in [5.41, 5.74) is 2.38. The molecule has 0 aliphatic heterocycles. The van der Waals surface area contributed by atoms with Crippen LogP contribution in [0, 0.1) is 0 Å². The van der Waals surface area contributed by atoms with Crippen LogP contribution in [0.15, 0.2) is 54.9 Å². The second kappa shape index (κ2) is 8.62. The van der Waals surface area contributed by atoms with E-state index in [0.717, 1.165) is 21.9 Å². The molecule has 6 heteroatoms. The van der Waals surface area contributed by atoms with E-state index >= 15 is 0 Å². The number of rotatable bonds is 7. The molecule has 2 N–H and O–H groups in total. The van der Waals surface area contributed by atoms with Crippen LogP contribution in [0.2, 0.25) is 0 Å². The molecule has 140 valence electrons. The number of aromatic nitrogens is 1. The minimum Gasteiger partial charge on any atom is -0.495 e. The molecule has 0 unspecified atom stereocenters. The Hall–Kier alpha value is -2.96. The molecule has 0 bridgehead atoms. The third kappa shape index (κ3) is 3.92. The zero-order valence-electron chi connectivity index (χ0n) is 15.1. The van der Waals surface area contributed by atoms with E-state index in [0.29, 0.717) is 11.3 Å². The van der Waals surface area contributed by atoms with Gasteiger partial charge in [0.05, 0.1) is 26.5 Å².